The summed E-state index contributed by atoms with van der Waals surface area (Å²) in [5.41, 5.74) is 10.3. The second-order valence-electron chi connectivity index (χ2n) is 5.78. The molecule has 3 heteroatoms. The summed E-state index contributed by atoms with van der Waals surface area (Å²) in [6.45, 7) is 4.09. The Morgan fingerprint density at radius 1 is 1.19 bits per heavy atom. The lowest BCUT2D eigenvalue weighted by Gasteiger charge is -2.22. The van der Waals surface area contributed by atoms with Crippen LogP contribution in [0.1, 0.15) is 29.0 Å². The summed E-state index contributed by atoms with van der Waals surface area (Å²) in [4.78, 5) is 2.36. The topological polar surface area (TPSA) is 53.1 Å². The second-order valence-corrected chi connectivity index (χ2v) is 5.78. The molecule has 2 aromatic rings. The zero-order chi connectivity index (χ0) is 14.8. The molecule has 0 bridgehead atoms. The Hall–Kier alpha value is -2.29. The van der Waals surface area contributed by atoms with Crippen molar-refractivity contribution >= 4 is 11.5 Å². The van der Waals surface area contributed by atoms with E-state index in [9.17, 15) is 0 Å². The van der Waals surface area contributed by atoms with Gasteiger partial charge in [0, 0.05) is 30.3 Å². The van der Waals surface area contributed by atoms with Crippen molar-refractivity contribution in [2.45, 2.75) is 19.3 Å². The van der Waals surface area contributed by atoms with Crippen LogP contribution in [0.3, 0.4) is 0 Å². The van der Waals surface area contributed by atoms with Crippen molar-refractivity contribution in [2.24, 2.45) is 5.73 Å². The Morgan fingerprint density at radius 2 is 1.95 bits per heavy atom. The normalized spacial score (nSPS) is 18.0. The number of amidine groups is 1. The third-order valence-electron chi connectivity index (χ3n) is 4.24. The molecular weight excluding hydrogens is 258 g/mol. The van der Waals surface area contributed by atoms with E-state index in [2.05, 4.69) is 48.2 Å². The summed E-state index contributed by atoms with van der Waals surface area (Å²) in [5, 5.41) is 7.78. The number of nitrogens with two attached hydrogens (primary N) is 1. The zero-order valence-electron chi connectivity index (χ0n) is 12.3. The molecule has 0 saturated carbocycles. The quantitative estimate of drug-likeness (QED) is 0.669. The highest BCUT2D eigenvalue weighted by Gasteiger charge is 2.25. The zero-order valence-corrected chi connectivity index (χ0v) is 12.3. The molecule has 2 aromatic carbocycles. The number of aryl methyl sites for hydroxylation is 1. The number of anilines is 1. The smallest absolute Gasteiger partial charge is 0.124 e. The maximum Gasteiger partial charge on any atom is 0.124 e. The molecule has 1 unspecified atom stereocenters. The minimum atomic E-state index is 0.146. The average molecular weight is 279 g/mol. The number of nitrogens with zero attached hydrogens (tertiary/aromatic N) is 1. The van der Waals surface area contributed by atoms with Crippen molar-refractivity contribution in [3.63, 3.8) is 0 Å². The summed E-state index contributed by atoms with van der Waals surface area (Å²) in [7, 11) is 0. The molecule has 108 valence electrons. The van der Waals surface area contributed by atoms with Crippen LogP contribution in [0.2, 0.25) is 0 Å². The molecule has 0 aromatic heterocycles. The lowest BCUT2D eigenvalue weighted by Crippen LogP contribution is -2.24. The molecule has 1 heterocycles. The summed E-state index contributed by atoms with van der Waals surface area (Å²) in [6.07, 6.45) is 1.15. The third kappa shape index (κ3) is 2.77. The number of nitrogen functional groups attached to an aromatic ring is 1. The van der Waals surface area contributed by atoms with Gasteiger partial charge in [-0.05, 0) is 36.6 Å². The summed E-state index contributed by atoms with van der Waals surface area (Å²) < 4.78 is 0. The van der Waals surface area contributed by atoms with Crippen LogP contribution in [0.25, 0.3) is 0 Å². The second kappa shape index (κ2) is 5.60. The van der Waals surface area contributed by atoms with E-state index < -0.39 is 0 Å². The van der Waals surface area contributed by atoms with Gasteiger partial charge in [0.25, 0.3) is 0 Å². The predicted octanol–water partition coefficient (Wildman–Crippen LogP) is 3.27. The highest BCUT2D eigenvalue weighted by atomic mass is 15.2. The van der Waals surface area contributed by atoms with Gasteiger partial charge in [0.2, 0.25) is 0 Å². The Bertz CT molecular complexity index is 649. The number of nitrogens with one attached hydrogen (secondary N) is 1. The van der Waals surface area contributed by atoms with Crippen molar-refractivity contribution in [2.75, 3.05) is 18.0 Å². The van der Waals surface area contributed by atoms with Crippen LogP contribution in [-0.2, 0) is 0 Å². The molecule has 3 N–H and O–H groups in total. The monoisotopic (exact) mass is 279 g/mol. The molecular formula is C18H21N3. The molecule has 1 atom stereocenters. The summed E-state index contributed by atoms with van der Waals surface area (Å²) in [5.74, 6) is 0.708. The van der Waals surface area contributed by atoms with Crippen molar-refractivity contribution < 1.29 is 0 Å². The highest BCUT2D eigenvalue weighted by molar-refractivity contribution is 6.00. The SMILES string of the molecule is Cc1ccc(C(=N)N)c(N2CCC(c3ccccc3)C2)c1. The van der Waals surface area contributed by atoms with E-state index in [-0.39, 0.29) is 5.84 Å². The fourth-order valence-electron chi connectivity index (χ4n) is 3.11. The first kappa shape index (κ1) is 13.7. The highest BCUT2D eigenvalue weighted by Crippen LogP contribution is 2.32. The van der Waals surface area contributed by atoms with E-state index in [1.54, 1.807) is 0 Å². The Labute approximate surface area is 125 Å². The molecule has 3 nitrogen and oxygen atoms in total. The van der Waals surface area contributed by atoms with Crippen LogP contribution in [0.15, 0.2) is 48.5 Å². The predicted molar refractivity (Wildman–Crippen MR) is 88.2 cm³/mol. The van der Waals surface area contributed by atoms with Gasteiger partial charge in [0.1, 0.15) is 5.84 Å². The number of hydrogen-bond acceptors (Lipinski definition) is 2. The van der Waals surface area contributed by atoms with Gasteiger partial charge in [-0.15, -0.1) is 0 Å². The molecule has 1 fully saturated rings. The molecule has 21 heavy (non-hydrogen) atoms. The number of benzene rings is 2. The van der Waals surface area contributed by atoms with Crippen LogP contribution in [-0.4, -0.2) is 18.9 Å². The Morgan fingerprint density at radius 3 is 2.67 bits per heavy atom. The molecule has 0 amide bonds. The van der Waals surface area contributed by atoms with Crippen molar-refractivity contribution in [1.29, 1.82) is 5.41 Å². The molecule has 0 spiro atoms. The van der Waals surface area contributed by atoms with Gasteiger partial charge in [0.15, 0.2) is 0 Å². The fraction of sp³-hybridized carbons (Fsp3) is 0.278. The largest absolute Gasteiger partial charge is 0.384 e. The first-order valence-electron chi connectivity index (χ1n) is 7.40. The molecule has 0 radical (unpaired) electrons. The third-order valence-corrected chi connectivity index (χ3v) is 4.24. The van der Waals surface area contributed by atoms with Crippen molar-refractivity contribution in [3.05, 3.63) is 65.2 Å². The van der Waals surface area contributed by atoms with Gasteiger partial charge in [0.05, 0.1) is 0 Å². The van der Waals surface area contributed by atoms with Gasteiger partial charge in [-0.1, -0.05) is 36.4 Å². The molecule has 1 aliphatic heterocycles. The first-order valence-corrected chi connectivity index (χ1v) is 7.40. The van der Waals surface area contributed by atoms with Gasteiger partial charge < -0.3 is 10.6 Å². The van der Waals surface area contributed by atoms with Crippen molar-refractivity contribution in [1.82, 2.24) is 0 Å². The first-order chi connectivity index (χ1) is 10.1. The van der Waals surface area contributed by atoms with E-state index in [4.69, 9.17) is 11.1 Å². The van der Waals surface area contributed by atoms with E-state index in [0.29, 0.717) is 5.92 Å². The molecule has 1 aliphatic rings. The molecule has 3 rings (SSSR count). The Balaban J connectivity index is 1.86. The van der Waals surface area contributed by atoms with Crippen LogP contribution in [0, 0.1) is 12.3 Å². The maximum absolute atomic E-state index is 7.78. The lowest BCUT2D eigenvalue weighted by molar-refractivity contribution is 0.775. The summed E-state index contributed by atoms with van der Waals surface area (Å²) >= 11 is 0. The fourth-order valence-corrected chi connectivity index (χ4v) is 3.11. The average Bonchev–Trinajstić information content (AvgIpc) is 2.97. The van der Waals surface area contributed by atoms with E-state index >= 15 is 0 Å². The van der Waals surface area contributed by atoms with Crippen LogP contribution in [0.5, 0.6) is 0 Å². The lowest BCUT2D eigenvalue weighted by atomic mass is 9.99. The van der Waals surface area contributed by atoms with Crippen LogP contribution < -0.4 is 10.6 Å². The Kier molecular flexibility index (Phi) is 3.65. The van der Waals surface area contributed by atoms with Gasteiger partial charge in [-0.2, -0.15) is 0 Å². The van der Waals surface area contributed by atoms with E-state index in [1.807, 2.05) is 12.1 Å². The van der Waals surface area contributed by atoms with Gasteiger partial charge in [-0.25, -0.2) is 0 Å². The van der Waals surface area contributed by atoms with Crippen LogP contribution >= 0.6 is 0 Å². The minimum absolute atomic E-state index is 0.146. The van der Waals surface area contributed by atoms with Crippen LogP contribution in [0.4, 0.5) is 5.69 Å². The van der Waals surface area contributed by atoms with E-state index in [0.717, 1.165) is 30.8 Å². The minimum Gasteiger partial charge on any atom is -0.384 e. The number of hydrogen-bond donors (Lipinski definition) is 2. The van der Waals surface area contributed by atoms with Gasteiger partial charge >= 0.3 is 0 Å². The van der Waals surface area contributed by atoms with Crippen molar-refractivity contribution in [3.8, 4) is 0 Å². The molecule has 0 aliphatic carbocycles. The van der Waals surface area contributed by atoms with E-state index in [1.165, 1.54) is 11.1 Å². The number of rotatable bonds is 3. The summed E-state index contributed by atoms with van der Waals surface area (Å²) in [6, 6.07) is 16.8. The standard InChI is InChI=1S/C18H21N3/c1-13-7-8-16(18(19)20)17(11-13)21-10-9-15(12-21)14-5-3-2-4-6-14/h2-8,11,15H,9-10,12H2,1H3,(H3,19,20). The maximum atomic E-state index is 7.78. The molecule has 1 saturated heterocycles. The van der Waals surface area contributed by atoms with Gasteiger partial charge in [-0.3, -0.25) is 5.41 Å².